The number of benzene rings is 2. The number of hydrogen-bond acceptors (Lipinski definition) is 4. The Morgan fingerprint density at radius 3 is 2.34 bits per heavy atom. The van der Waals surface area contributed by atoms with E-state index in [2.05, 4.69) is 49.3 Å². The number of aromatic nitrogens is 1. The summed E-state index contributed by atoms with van der Waals surface area (Å²) in [5.41, 5.74) is 4.14. The van der Waals surface area contributed by atoms with Gasteiger partial charge in [-0.25, -0.2) is 13.4 Å². The summed E-state index contributed by atoms with van der Waals surface area (Å²) in [7, 11) is -3.46. The lowest BCUT2D eigenvalue weighted by Gasteiger charge is -2.29. The normalized spacial score (nSPS) is 16.2. The Labute approximate surface area is 172 Å². The van der Waals surface area contributed by atoms with Crippen molar-refractivity contribution >= 4 is 32.4 Å². The van der Waals surface area contributed by atoms with Crippen LogP contribution in [0.25, 0.3) is 10.9 Å². The molecule has 4 rings (SSSR count). The number of piperidine rings is 1. The van der Waals surface area contributed by atoms with Crippen molar-refractivity contribution in [1.29, 1.82) is 0 Å². The van der Waals surface area contributed by atoms with Crippen molar-refractivity contribution in [1.82, 2.24) is 9.29 Å². The van der Waals surface area contributed by atoms with E-state index in [1.54, 1.807) is 22.5 Å². The minimum absolute atomic E-state index is 0.344. The lowest BCUT2D eigenvalue weighted by Crippen LogP contribution is -2.37. The van der Waals surface area contributed by atoms with Crippen LogP contribution in [0.4, 0.5) is 11.5 Å². The van der Waals surface area contributed by atoms with Gasteiger partial charge in [0.05, 0.1) is 10.4 Å². The van der Waals surface area contributed by atoms with Crippen molar-refractivity contribution in [3.63, 3.8) is 0 Å². The van der Waals surface area contributed by atoms with E-state index >= 15 is 0 Å². The third-order valence-corrected chi connectivity index (χ3v) is 7.43. The van der Waals surface area contributed by atoms with Crippen LogP contribution in [-0.2, 0) is 10.0 Å². The molecule has 0 aliphatic carbocycles. The van der Waals surface area contributed by atoms with Crippen LogP contribution in [0.15, 0.2) is 53.4 Å². The molecule has 1 aliphatic rings. The molecule has 152 valence electrons. The molecule has 1 N–H and O–H groups in total. The van der Waals surface area contributed by atoms with Crippen molar-refractivity contribution < 1.29 is 8.42 Å². The summed E-state index contributed by atoms with van der Waals surface area (Å²) < 4.78 is 27.6. The van der Waals surface area contributed by atoms with Crippen molar-refractivity contribution in [3.05, 3.63) is 59.7 Å². The molecule has 2 heterocycles. The fourth-order valence-corrected chi connectivity index (χ4v) is 5.41. The van der Waals surface area contributed by atoms with Gasteiger partial charge in [-0.3, -0.25) is 0 Å². The van der Waals surface area contributed by atoms with Crippen molar-refractivity contribution in [2.45, 2.75) is 38.5 Å². The number of nitrogens with zero attached hydrogens (tertiary/aromatic N) is 2. The van der Waals surface area contributed by atoms with Crippen LogP contribution in [0.3, 0.4) is 0 Å². The van der Waals surface area contributed by atoms with E-state index in [1.165, 1.54) is 11.1 Å². The molecular weight excluding hydrogens is 382 g/mol. The molecule has 5 nitrogen and oxygen atoms in total. The summed E-state index contributed by atoms with van der Waals surface area (Å²) in [5, 5.41) is 4.16. The molecule has 0 spiro atoms. The van der Waals surface area contributed by atoms with Crippen LogP contribution in [0.1, 0.15) is 30.9 Å². The summed E-state index contributed by atoms with van der Waals surface area (Å²) in [5.74, 6) is 1.33. The molecule has 1 saturated heterocycles. The number of fused-ring (bicyclic) bond motifs is 1. The summed E-state index contributed by atoms with van der Waals surface area (Å²) in [6.45, 7) is 7.50. The Morgan fingerprint density at radius 2 is 1.66 bits per heavy atom. The quantitative estimate of drug-likeness (QED) is 0.657. The Kier molecular flexibility index (Phi) is 5.32. The number of hydrogen-bond donors (Lipinski definition) is 1. The number of sulfonamides is 1. The van der Waals surface area contributed by atoms with Crippen LogP contribution < -0.4 is 5.32 Å². The van der Waals surface area contributed by atoms with Crippen molar-refractivity contribution in [3.8, 4) is 0 Å². The summed E-state index contributed by atoms with van der Waals surface area (Å²) in [6, 6.07) is 15.3. The third kappa shape index (κ3) is 4.28. The first kappa shape index (κ1) is 19.9. The number of anilines is 2. The van der Waals surface area contributed by atoms with Crippen molar-refractivity contribution in [2.75, 3.05) is 18.4 Å². The molecule has 3 aromatic rings. The second-order valence-electron chi connectivity index (χ2n) is 8.14. The van der Waals surface area contributed by atoms with E-state index in [4.69, 9.17) is 0 Å². The topological polar surface area (TPSA) is 62.3 Å². The van der Waals surface area contributed by atoms with Crippen LogP contribution in [0, 0.1) is 19.8 Å². The molecule has 0 radical (unpaired) electrons. The number of pyridine rings is 1. The van der Waals surface area contributed by atoms with E-state index in [-0.39, 0.29) is 0 Å². The Hall–Kier alpha value is -2.44. The number of rotatable bonds is 4. The Bertz CT molecular complexity index is 1130. The van der Waals surface area contributed by atoms with Crippen LogP contribution in [0.5, 0.6) is 0 Å². The molecule has 0 amide bonds. The zero-order valence-electron chi connectivity index (χ0n) is 17.1. The highest BCUT2D eigenvalue weighted by atomic mass is 32.2. The zero-order chi connectivity index (χ0) is 20.6. The van der Waals surface area contributed by atoms with Crippen LogP contribution >= 0.6 is 0 Å². The van der Waals surface area contributed by atoms with Gasteiger partial charge in [0.1, 0.15) is 5.82 Å². The van der Waals surface area contributed by atoms with Gasteiger partial charge in [0, 0.05) is 24.2 Å². The number of nitrogens with one attached hydrogen (secondary N) is 1. The van der Waals surface area contributed by atoms with E-state index in [0.29, 0.717) is 23.9 Å². The highest BCUT2D eigenvalue weighted by molar-refractivity contribution is 7.89. The standard InChI is InChI=1S/C23H27N3O2S/c1-16-8-10-26(11-9-16)29(27,28)21-5-6-22-19(15-21)4-7-23(25-22)24-20-13-17(2)12-18(3)14-20/h4-7,12-16H,8-11H2,1-3H3,(H,24,25). The fourth-order valence-electron chi connectivity index (χ4n) is 3.90. The molecule has 0 unspecified atom stereocenters. The SMILES string of the molecule is Cc1cc(C)cc(Nc2ccc3cc(S(=O)(=O)N4CCC(C)CC4)ccc3n2)c1. The lowest BCUT2D eigenvalue weighted by molar-refractivity contribution is 0.288. The molecule has 0 atom stereocenters. The monoisotopic (exact) mass is 409 g/mol. The average molecular weight is 410 g/mol. The lowest BCUT2D eigenvalue weighted by atomic mass is 10.0. The first-order valence-electron chi connectivity index (χ1n) is 10.1. The van der Waals surface area contributed by atoms with Gasteiger partial charge in [-0.05, 0) is 86.2 Å². The molecule has 6 heteroatoms. The van der Waals surface area contributed by atoms with Crippen LogP contribution in [-0.4, -0.2) is 30.8 Å². The van der Waals surface area contributed by atoms with Gasteiger partial charge in [-0.15, -0.1) is 0 Å². The van der Waals surface area contributed by atoms with E-state index in [1.807, 2.05) is 12.1 Å². The maximum absolute atomic E-state index is 13.0. The second kappa shape index (κ2) is 7.76. The average Bonchev–Trinajstić information content (AvgIpc) is 2.67. The van der Waals surface area contributed by atoms with Gasteiger partial charge in [0.15, 0.2) is 0 Å². The molecule has 0 bridgehead atoms. The van der Waals surface area contributed by atoms with E-state index in [0.717, 1.165) is 35.2 Å². The fraction of sp³-hybridized carbons (Fsp3) is 0.348. The van der Waals surface area contributed by atoms with Crippen molar-refractivity contribution in [2.24, 2.45) is 5.92 Å². The molecule has 2 aromatic carbocycles. The van der Waals surface area contributed by atoms with Gasteiger partial charge in [-0.1, -0.05) is 13.0 Å². The van der Waals surface area contributed by atoms with E-state index in [9.17, 15) is 8.42 Å². The second-order valence-corrected chi connectivity index (χ2v) is 10.1. The summed E-state index contributed by atoms with van der Waals surface area (Å²) in [6.07, 6.45) is 1.84. The minimum atomic E-state index is -3.46. The zero-order valence-corrected chi connectivity index (χ0v) is 18.0. The molecule has 1 aliphatic heterocycles. The van der Waals surface area contributed by atoms with Gasteiger partial charge < -0.3 is 5.32 Å². The molecule has 29 heavy (non-hydrogen) atoms. The van der Waals surface area contributed by atoms with Gasteiger partial charge in [-0.2, -0.15) is 4.31 Å². The maximum atomic E-state index is 13.0. The smallest absolute Gasteiger partial charge is 0.243 e. The predicted octanol–water partition coefficient (Wildman–Crippen LogP) is 5.02. The highest BCUT2D eigenvalue weighted by Crippen LogP contribution is 2.27. The predicted molar refractivity (Wildman–Crippen MR) is 118 cm³/mol. The Balaban J connectivity index is 1.60. The molecule has 1 fully saturated rings. The molecule has 1 aromatic heterocycles. The number of aryl methyl sites for hydroxylation is 2. The minimum Gasteiger partial charge on any atom is -0.340 e. The van der Waals surface area contributed by atoms with Crippen LogP contribution in [0.2, 0.25) is 0 Å². The first-order chi connectivity index (χ1) is 13.8. The largest absolute Gasteiger partial charge is 0.340 e. The van der Waals surface area contributed by atoms with E-state index < -0.39 is 10.0 Å². The summed E-state index contributed by atoms with van der Waals surface area (Å²) in [4.78, 5) is 5.00. The highest BCUT2D eigenvalue weighted by Gasteiger charge is 2.28. The van der Waals surface area contributed by atoms with Gasteiger partial charge >= 0.3 is 0 Å². The molecule has 0 saturated carbocycles. The molecular formula is C23H27N3O2S. The van der Waals surface area contributed by atoms with Gasteiger partial charge in [0.2, 0.25) is 10.0 Å². The maximum Gasteiger partial charge on any atom is 0.243 e. The van der Waals surface area contributed by atoms with Gasteiger partial charge in [0.25, 0.3) is 0 Å². The third-order valence-electron chi connectivity index (χ3n) is 5.54. The Morgan fingerprint density at radius 1 is 0.966 bits per heavy atom. The summed E-state index contributed by atoms with van der Waals surface area (Å²) >= 11 is 0. The first-order valence-corrected chi connectivity index (χ1v) is 11.5.